The number of hydrogen-bond donors (Lipinski definition) is 1. The Labute approximate surface area is 148 Å². The van der Waals surface area contributed by atoms with E-state index in [9.17, 15) is 4.79 Å². The van der Waals surface area contributed by atoms with E-state index >= 15 is 0 Å². The van der Waals surface area contributed by atoms with E-state index in [0.29, 0.717) is 5.56 Å². The SMILES string of the molecule is CCN(CC)C(=O)c1ccc(Nc2ccn(C3=CCCC=C3)n2)cc1. The van der Waals surface area contributed by atoms with E-state index in [1.54, 1.807) is 0 Å². The summed E-state index contributed by atoms with van der Waals surface area (Å²) in [7, 11) is 0. The van der Waals surface area contributed by atoms with Gasteiger partial charge in [-0.3, -0.25) is 4.79 Å². The third kappa shape index (κ3) is 3.99. The summed E-state index contributed by atoms with van der Waals surface area (Å²) in [4.78, 5) is 14.1. The van der Waals surface area contributed by atoms with Gasteiger partial charge in [-0.1, -0.05) is 12.2 Å². The molecule has 0 fully saturated rings. The standard InChI is InChI=1S/C20H24N4O/c1-3-23(4-2)20(25)16-10-12-17(13-11-16)21-19-14-15-24(22-19)18-8-6-5-7-9-18/h6,8-15H,3-5,7H2,1-2H3,(H,21,22). The summed E-state index contributed by atoms with van der Waals surface area (Å²) >= 11 is 0. The van der Waals surface area contributed by atoms with Gasteiger partial charge in [0, 0.05) is 36.6 Å². The number of benzene rings is 1. The lowest BCUT2D eigenvalue weighted by molar-refractivity contribution is 0.0773. The van der Waals surface area contributed by atoms with Gasteiger partial charge in [-0.15, -0.1) is 0 Å². The van der Waals surface area contributed by atoms with Crippen molar-refractivity contribution in [1.29, 1.82) is 0 Å². The molecule has 1 amide bonds. The van der Waals surface area contributed by atoms with E-state index in [0.717, 1.165) is 43.1 Å². The van der Waals surface area contributed by atoms with Gasteiger partial charge in [0.25, 0.3) is 5.91 Å². The quantitative estimate of drug-likeness (QED) is 0.855. The van der Waals surface area contributed by atoms with Crippen molar-refractivity contribution in [3.05, 3.63) is 60.3 Å². The summed E-state index contributed by atoms with van der Waals surface area (Å²) in [6, 6.07) is 9.47. The number of nitrogens with one attached hydrogen (secondary N) is 1. The number of hydrogen-bond acceptors (Lipinski definition) is 3. The fourth-order valence-corrected chi connectivity index (χ4v) is 2.84. The Morgan fingerprint density at radius 2 is 1.92 bits per heavy atom. The largest absolute Gasteiger partial charge is 0.339 e. The van der Waals surface area contributed by atoms with Crippen molar-refractivity contribution in [2.45, 2.75) is 26.7 Å². The van der Waals surface area contributed by atoms with Gasteiger partial charge >= 0.3 is 0 Å². The Balaban J connectivity index is 1.68. The summed E-state index contributed by atoms with van der Waals surface area (Å²) in [5.74, 6) is 0.847. The van der Waals surface area contributed by atoms with Gasteiger partial charge in [0.05, 0.1) is 5.70 Å². The molecule has 1 aliphatic carbocycles. The summed E-state index contributed by atoms with van der Waals surface area (Å²) in [5.41, 5.74) is 2.71. The van der Waals surface area contributed by atoms with Crippen LogP contribution in [0.25, 0.3) is 5.70 Å². The van der Waals surface area contributed by atoms with Gasteiger partial charge in [0.15, 0.2) is 5.82 Å². The van der Waals surface area contributed by atoms with Crippen LogP contribution in [0.5, 0.6) is 0 Å². The molecule has 3 rings (SSSR count). The predicted molar refractivity (Wildman–Crippen MR) is 102 cm³/mol. The molecular weight excluding hydrogens is 312 g/mol. The summed E-state index contributed by atoms with van der Waals surface area (Å²) < 4.78 is 1.87. The minimum absolute atomic E-state index is 0.0665. The fourth-order valence-electron chi connectivity index (χ4n) is 2.84. The van der Waals surface area contributed by atoms with Crippen LogP contribution in [0, 0.1) is 0 Å². The molecular formula is C20H24N4O. The molecule has 130 valence electrons. The van der Waals surface area contributed by atoms with Crippen molar-refractivity contribution >= 4 is 23.1 Å². The van der Waals surface area contributed by atoms with Gasteiger partial charge in [-0.2, -0.15) is 5.10 Å². The normalized spacial score (nSPS) is 13.4. The molecule has 1 aromatic heterocycles. The maximum absolute atomic E-state index is 12.3. The second-order valence-electron chi connectivity index (χ2n) is 5.93. The molecule has 2 aromatic rings. The van der Waals surface area contributed by atoms with Crippen molar-refractivity contribution in [3.63, 3.8) is 0 Å². The topological polar surface area (TPSA) is 50.2 Å². The second-order valence-corrected chi connectivity index (χ2v) is 5.93. The van der Waals surface area contributed by atoms with Gasteiger partial charge in [-0.25, -0.2) is 4.68 Å². The highest BCUT2D eigenvalue weighted by molar-refractivity contribution is 5.94. The Bertz CT molecular complexity index is 782. The highest BCUT2D eigenvalue weighted by atomic mass is 16.2. The number of carbonyl (C=O) groups excluding carboxylic acids is 1. The number of aromatic nitrogens is 2. The zero-order chi connectivity index (χ0) is 17.6. The molecule has 5 heteroatoms. The highest BCUT2D eigenvalue weighted by Gasteiger charge is 2.12. The van der Waals surface area contributed by atoms with Crippen LogP contribution in [0.1, 0.15) is 37.0 Å². The van der Waals surface area contributed by atoms with Crippen molar-refractivity contribution < 1.29 is 4.79 Å². The number of amides is 1. The molecule has 0 atom stereocenters. The van der Waals surface area contributed by atoms with E-state index in [4.69, 9.17) is 0 Å². The summed E-state index contributed by atoms with van der Waals surface area (Å²) in [6.45, 7) is 5.42. The zero-order valence-electron chi connectivity index (χ0n) is 14.8. The maximum Gasteiger partial charge on any atom is 0.253 e. The lowest BCUT2D eigenvalue weighted by Crippen LogP contribution is -2.30. The fraction of sp³-hybridized carbons (Fsp3) is 0.300. The van der Waals surface area contributed by atoms with Gasteiger partial charge in [0.2, 0.25) is 0 Å². The van der Waals surface area contributed by atoms with E-state index in [-0.39, 0.29) is 5.91 Å². The Morgan fingerprint density at radius 3 is 2.56 bits per heavy atom. The van der Waals surface area contributed by atoms with Crippen LogP contribution in [0.15, 0.2) is 54.8 Å². The van der Waals surface area contributed by atoms with E-state index < -0.39 is 0 Å². The lowest BCUT2D eigenvalue weighted by atomic mass is 10.1. The first kappa shape index (κ1) is 17.0. The minimum Gasteiger partial charge on any atom is -0.339 e. The Morgan fingerprint density at radius 1 is 1.16 bits per heavy atom. The smallest absolute Gasteiger partial charge is 0.253 e. The minimum atomic E-state index is 0.0665. The molecule has 1 N–H and O–H groups in total. The molecule has 0 saturated carbocycles. The van der Waals surface area contributed by atoms with Gasteiger partial charge < -0.3 is 10.2 Å². The van der Waals surface area contributed by atoms with Crippen LogP contribution < -0.4 is 5.32 Å². The molecule has 1 aliphatic rings. The van der Waals surface area contributed by atoms with Gasteiger partial charge in [-0.05, 0) is 57.0 Å². The first-order chi connectivity index (χ1) is 12.2. The molecule has 0 radical (unpaired) electrons. The van der Waals surface area contributed by atoms with Crippen LogP contribution >= 0.6 is 0 Å². The third-order valence-corrected chi connectivity index (χ3v) is 4.28. The molecule has 1 heterocycles. The van der Waals surface area contributed by atoms with Crippen molar-refractivity contribution in [3.8, 4) is 0 Å². The average molecular weight is 336 g/mol. The van der Waals surface area contributed by atoms with Gasteiger partial charge in [0.1, 0.15) is 0 Å². The lowest BCUT2D eigenvalue weighted by Gasteiger charge is -2.18. The molecule has 0 unspecified atom stereocenters. The second kappa shape index (κ2) is 7.83. The van der Waals surface area contributed by atoms with Crippen molar-refractivity contribution in [2.75, 3.05) is 18.4 Å². The molecule has 25 heavy (non-hydrogen) atoms. The van der Waals surface area contributed by atoms with Crippen molar-refractivity contribution in [2.24, 2.45) is 0 Å². The molecule has 0 bridgehead atoms. The molecule has 0 saturated heterocycles. The number of nitrogens with zero attached hydrogens (tertiary/aromatic N) is 3. The van der Waals surface area contributed by atoms with Crippen molar-refractivity contribution in [1.82, 2.24) is 14.7 Å². The van der Waals surface area contributed by atoms with E-state index in [2.05, 4.69) is 28.6 Å². The van der Waals surface area contributed by atoms with Crippen LogP contribution in [0.4, 0.5) is 11.5 Å². The molecule has 1 aromatic carbocycles. The van der Waals surface area contributed by atoms with Crippen LogP contribution in [-0.2, 0) is 0 Å². The van der Waals surface area contributed by atoms with E-state index in [1.807, 2.05) is 60.0 Å². The Kier molecular flexibility index (Phi) is 5.33. The first-order valence-electron chi connectivity index (χ1n) is 8.80. The summed E-state index contributed by atoms with van der Waals surface area (Å²) in [6.07, 6.45) is 10.5. The molecule has 5 nitrogen and oxygen atoms in total. The van der Waals surface area contributed by atoms with Crippen LogP contribution in [0.2, 0.25) is 0 Å². The van der Waals surface area contributed by atoms with Crippen LogP contribution in [0.3, 0.4) is 0 Å². The number of carbonyl (C=O) groups is 1. The highest BCUT2D eigenvalue weighted by Crippen LogP contribution is 2.19. The Hall–Kier alpha value is -2.82. The average Bonchev–Trinajstić information content (AvgIpc) is 3.12. The zero-order valence-corrected chi connectivity index (χ0v) is 14.8. The monoisotopic (exact) mass is 336 g/mol. The molecule has 0 spiro atoms. The number of anilines is 2. The van der Waals surface area contributed by atoms with E-state index in [1.165, 1.54) is 0 Å². The number of rotatable bonds is 6. The summed E-state index contributed by atoms with van der Waals surface area (Å²) in [5, 5.41) is 7.83. The predicted octanol–water partition coefficient (Wildman–Crippen LogP) is 4.30. The third-order valence-electron chi connectivity index (χ3n) is 4.28. The number of allylic oxidation sites excluding steroid dienone is 4. The van der Waals surface area contributed by atoms with Crippen LogP contribution in [-0.4, -0.2) is 33.7 Å². The first-order valence-corrected chi connectivity index (χ1v) is 8.80. The maximum atomic E-state index is 12.3. The molecule has 0 aliphatic heterocycles.